The predicted molar refractivity (Wildman–Crippen MR) is 123 cm³/mol. The second-order valence-electron chi connectivity index (χ2n) is 7.41. The van der Waals surface area contributed by atoms with E-state index in [-0.39, 0.29) is 17.4 Å². The number of rotatable bonds is 7. The van der Waals surface area contributed by atoms with E-state index in [2.05, 4.69) is 0 Å². The van der Waals surface area contributed by atoms with Crippen molar-refractivity contribution in [3.05, 3.63) is 66.7 Å². The van der Waals surface area contributed by atoms with Gasteiger partial charge in [-0.1, -0.05) is 36.4 Å². The van der Waals surface area contributed by atoms with Crippen molar-refractivity contribution in [2.45, 2.75) is 11.8 Å². The fraction of sp³-hybridized carbons (Fsp3) is 0.292. The van der Waals surface area contributed by atoms with Gasteiger partial charge in [0, 0.05) is 25.0 Å². The molecule has 1 aliphatic heterocycles. The maximum atomic E-state index is 12.9. The molecule has 0 spiro atoms. The van der Waals surface area contributed by atoms with E-state index in [1.165, 1.54) is 16.4 Å². The van der Waals surface area contributed by atoms with Crippen LogP contribution in [0.5, 0.6) is 5.75 Å². The van der Waals surface area contributed by atoms with Crippen molar-refractivity contribution in [1.29, 1.82) is 0 Å². The molecule has 0 N–H and O–H groups in total. The zero-order chi connectivity index (χ0) is 22.6. The second-order valence-corrected chi connectivity index (χ2v) is 9.35. The van der Waals surface area contributed by atoms with Crippen LogP contribution in [0.15, 0.2) is 71.6 Å². The molecule has 7 nitrogen and oxygen atoms in total. The van der Waals surface area contributed by atoms with Crippen molar-refractivity contribution in [2.75, 3.05) is 44.4 Å². The molecular weight excluding hydrogens is 428 g/mol. The van der Waals surface area contributed by atoms with E-state index in [4.69, 9.17) is 9.47 Å². The molecule has 0 bridgehead atoms. The summed E-state index contributed by atoms with van der Waals surface area (Å²) in [6.45, 7) is 3.76. The lowest BCUT2D eigenvalue weighted by atomic mass is 10.1. The largest absolute Gasteiger partial charge is 0.484 e. The van der Waals surface area contributed by atoms with Crippen LogP contribution in [0.25, 0.3) is 10.8 Å². The molecule has 1 aliphatic rings. The molecule has 1 amide bonds. The number of sulfonamides is 1. The second kappa shape index (κ2) is 9.68. The van der Waals surface area contributed by atoms with Gasteiger partial charge >= 0.3 is 0 Å². The van der Waals surface area contributed by atoms with Gasteiger partial charge in [-0.2, -0.15) is 4.31 Å². The number of hydrogen-bond donors (Lipinski definition) is 0. The van der Waals surface area contributed by atoms with Crippen molar-refractivity contribution in [2.24, 2.45) is 0 Å². The first-order valence-electron chi connectivity index (χ1n) is 10.6. The lowest BCUT2D eigenvalue weighted by Crippen LogP contribution is -2.40. The molecular formula is C24H26N2O5S. The average Bonchev–Trinajstić information content (AvgIpc) is 2.84. The maximum Gasteiger partial charge on any atom is 0.264 e. The Balaban J connectivity index is 1.44. The molecule has 3 aromatic carbocycles. The first-order valence-corrected chi connectivity index (χ1v) is 12.0. The summed E-state index contributed by atoms with van der Waals surface area (Å²) in [7, 11) is -3.56. The third-order valence-electron chi connectivity index (χ3n) is 5.47. The Hall–Kier alpha value is -2.94. The van der Waals surface area contributed by atoms with E-state index in [1.54, 1.807) is 17.0 Å². The smallest absolute Gasteiger partial charge is 0.264 e. The van der Waals surface area contributed by atoms with Gasteiger partial charge in [-0.05, 0) is 42.6 Å². The molecule has 1 saturated heterocycles. The predicted octanol–water partition coefficient (Wildman–Crippen LogP) is 3.29. The Morgan fingerprint density at radius 3 is 2.41 bits per heavy atom. The molecule has 0 atom stereocenters. The molecule has 4 rings (SSSR count). The first kappa shape index (κ1) is 22.3. The summed E-state index contributed by atoms with van der Waals surface area (Å²) in [5.41, 5.74) is 0.839. The topological polar surface area (TPSA) is 76.2 Å². The number of benzene rings is 3. The third-order valence-corrected chi connectivity index (χ3v) is 7.38. The van der Waals surface area contributed by atoms with Gasteiger partial charge in [0.1, 0.15) is 5.75 Å². The number of fused-ring (bicyclic) bond motifs is 1. The van der Waals surface area contributed by atoms with Gasteiger partial charge in [0.05, 0.1) is 23.8 Å². The van der Waals surface area contributed by atoms with Crippen LogP contribution in [0.1, 0.15) is 6.92 Å². The maximum absolute atomic E-state index is 12.9. The quantitative estimate of drug-likeness (QED) is 0.548. The van der Waals surface area contributed by atoms with Crippen molar-refractivity contribution < 1.29 is 22.7 Å². The van der Waals surface area contributed by atoms with Crippen LogP contribution in [0, 0.1) is 0 Å². The molecule has 0 aromatic heterocycles. The van der Waals surface area contributed by atoms with Crippen LogP contribution in [0.2, 0.25) is 0 Å². The summed E-state index contributed by atoms with van der Waals surface area (Å²) >= 11 is 0. The Bertz CT molecular complexity index is 1180. The fourth-order valence-corrected chi connectivity index (χ4v) is 5.20. The average molecular weight is 455 g/mol. The number of anilines is 1. The summed E-state index contributed by atoms with van der Waals surface area (Å²) in [4.78, 5) is 14.8. The number of likely N-dealkylation sites (N-methyl/N-ethyl adjacent to an activating group) is 1. The lowest BCUT2D eigenvalue weighted by Gasteiger charge is -2.26. The zero-order valence-corrected chi connectivity index (χ0v) is 18.8. The van der Waals surface area contributed by atoms with Crippen LogP contribution in [-0.4, -0.2) is 58.1 Å². The normalized spacial score (nSPS) is 14.9. The first-order chi connectivity index (χ1) is 15.5. The van der Waals surface area contributed by atoms with Crippen LogP contribution >= 0.6 is 0 Å². The summed E-state index contributed by atoms with van der Waals surface area (Å²) < 4.78 is 37.8. The Kier molecular flexibility index (Phi) is 6.74. The standard InChI is InChI=1S/C24H26N2O5S/c1-2-26(23-9-5-7-19-6-3-4-8-22(19)23)24(27)18-31-20-10-12-21(13-11-20)32(28,29)25-14-16-30-17-15-25/h3-13H,2,14-18H2,1H3. The number of ether oxygens (including phenoxy) is 2. The van der Waals surface area contributed by atoms with Crippen LogP contribution in [0.3, 0.4) is 0 Å². The number of nitrogens with zero attached hydrogens (tertiary/aromatic N) is 2. The van der Waals surface area contributed by atoms with E-state index in [9.17, 15) is 13.2 Å². The summed E-state index contributed by atoms with van der Waals surface area (Å²) in [6.07, 6.45) is 0. The van der Waals surface area contributed by atoms with Crippen molar-refractivity contribution >= 4 is 32.4 Å². The minimum Gasteiger partial charge on any atom is -0.484 e. The Morgan fingerprint density at radius 2 is 1.69 bits per heavy atom. The number of amides is 1. The molecule has 0 unspecified atom stereocenters. The minimum absolute atomic E-state index is 0.146. The molecule has 1 fully saturated rings. The Morgan fingerprint density at radius 1 is 1.00 bits per heavy atom. The van der Waals surface area contributed by atoms with E-state index < -0.39 is 10.0 Å². The van der Waals surface area contributed by atoms with Gasteiger partial charge < -0.3 is 14.4 Å². The molecule has 8 heteroatoms. The summed E-state index contributed by atoms with van der Waals surface area (Å²) in [5.74, 6) is 0.266. The summed E-state index contributed by atoms with van der Waals surface area (Å²) in [6, 6.07) is 20.0. The van der Waals surface area contributed by atoms with Crippen LogP contribution in [0.4, 0.5) is 5.69 Å². The Labute approximate surface area is 188 Å². The van der Waals surface area contributed by atoms with Gasteiger partial charge in [-0.3, -0.25) is 4.79 Å². The number of carbonyl (C=O) groups is 1. The highest BCUT2D eigenvalue weighted by molar-refractivity contribution is 7.89. The molecule has 0 radical (unpaired) electrons. The van der Waals surface area contributed by atoms with E-state index in [1.807, 2.05) is 49.4 Å². The van der Waals surface area contributed by atoms with Crippen molar-refractivity contribution in [3.8, 4) is 5.75 Å². The van der Waals surface area contributed by atoms with Gasteiger partial charge in [-0.25, -0.2) is 8.42 Å². The monoisotopic (exact) mass is 454 g/mol. The highest BCUT2D eigenvalue weighted by Crippen LogP contribution is 2.27. The number of hydrogen-bond acceptors (Lipinski definition) is 5. The fourth-order valence-electron chi connectivity index (χ4n) is 3.79. The van der Waals surface area contributed by atoms with Gasteiger partial charge in [0.25, 0.3) is 5.91 Å². The van der Waals surface area contributed by atoms with Crippen molar-refractivity contribution in [3.63, 3.8) is 0 Å². The number of morpholine rings is 1. The molecule has 168 valence electrons. The highest BCUT2D eigenvalue weighted by Gasteiger charge is 2.26. The lowest BCUT2D eigenvalue weighted by molar-refractivity contribution is -0.120. The van der Waals surface area contributed by atoms with Crippen LogP contribution in [-0.2, 0) is 19.6 Å². The molecule has 32 heavy (non-hydrogen) atoms. The van der Waals surface area contributed by atoms with E-state index in [0.29, 0.717) is 38.6 Å². The molecule has 3 aromatic rings. The SMILES string of the molecule is CCN(C(=O)COc1ccc(S(=O)(=O)N2CCOCC2)cc1)c1cccc2ccccc12. The van der Waals surface area contributed by atoms with Gasteiger partial charge in [0.2, 0.25) is 10.0 Å². The molecule has 0 aliphatic carbocycles. The summed E-state index contributed by atoms with van der Waals surface area (Å²) in [5, 5.41) is 2.07. The number of carbonyl (C=O) groups excluding carboxylic acids is 1. The van der Waals surface area contributed by atoms with Gasteiger partial charge in [0.15, 0.2) is 6.61 Å². The highest BCUT2D eigenvalue weighted by atomic mass is 32.2. The minimum atomic E-state index is -3.56. The third kappa shape index (κ3) is 4.62. The molecule has 1 heterocycles. The van der Waals surface area contributed by atoms with Crippen LogP contribution < -0.4 is 9.64 Å². The zero-order valence-electron chi connectivity index (χ0n) is 17.9. The van der Waals surface area contributed by atoms with E-state index in [0.717, 1.165) is 16.5 Å². The van der Waals surface area contributed by atoms with Crippen molar-refractivity contribution in [1.82, 2.24) is 4.31 Å². The molecule has 0 saturated carbocycles. The van der Waals surface area contributed by atoms with E-state index >= 15 is 0 Å². The van der Waals surface area contributed by atoms with Gasteiger partial charge in [-0.15, -0.1) is 0 Å².